The van der Waals surface area contributed by atoms with Crippen molar-refractivity contribution in [3.8, 4) is 0 Å². The minimum atomic E-state index is -0.507. The molecule has 2 aliphatic heterocycles. The van der Waals surface area contributed by atoms with E-state index in [1.54, 1.807) is 18.2 Å². The SMILES string of the molecule is O=C1Nc2ccccc2C1=C1OCc2cc(C(=O)Cl)ccc21. The Kier molecular flexibility index (Phi) is 2.81. The first-order chi connectivity index (χ1) is 10.6. The summed E-state index contributed by atoms with van der Waals surface area (Å²) in [4.78, 5) is 23.5. The van der Waals surface area contributed by atoms with Crippen molar-refractivity contribution in [2.45, 2.75) is 6.61 Å². The van der Waals surface area contributed by atoms with E-state index in [0.29, 0.717) is 23.5 Å². The van der Waals surface area contributed by atoms with Gasteiger partial charge in [0.15, 0.2) is 0 Å². The molecule has 2 aromatic carbocycles. The minimum absolute atomic E-state index is 0.179. The lowest BCUT2D eigenvalue weighted by Gasteiger charge is -2.05. The van der Waals surface area contributed by atoms with E-state index >= 15 is 0 Å². The van der Waals surface area contributed by atoms with Crippen molar-refractivity contribution in [1.82, 2.24) is 0 Å². The summed E-state index contributed by atoms with van der Waals surface area (Å²) in [6, 6.07) is 12.6. The number of nitrogens with one attached hydrogen (secondary N) is 1. The van der Waals surface area contributed by atoms with Gasteiger partial charge in [-0.05, 0) is 29.8 Å². The topological polar surface area (TPSA) is 55.4 Å². The zero-order valence-electron chi connectivity index (χ0n) is 11.4. The Bertz CT molecular complexity index is 870. The minimum Gasteiger partial charge on any atom is -0.487 e. The predicted octanol–water partition coefficient (Wildman–Crippen LogP) is 3.42. The summed E-state index contributed by atoms with van der Waals surface area (Å²) in [5.41, 5.74) is 4.23. The molecular formula is C17H10ClNO3. The third kappa shape index (κ3) is 1.84. The van der Waals surface area contributed by atoms with Crippen LogP contribution < -0.4 is 5.32 Å². The van der Waals surface area contributed by atoms with Crippen LogP contribution in [0.4, 0.5) is 5.69 Å². The molecule has 0 aliphatic carbocycles. The van der Waals surface area contributed by atoms with Crippen molar-refractivity contribution in [3.63, 3.8) is 0 Å². The molecular weight excluding hydrogens is 302 g/mol. The first kappa shape index (κ1) is 13.1. The van der Waals surface area contributed by atoms with Crippen molar-refractivity contribution in [2.24, 2.45) is 0 Å². The van der Waals surface area contributed by atoms with E-state index in [1.807, 2.05) is 24.3 Å². The fourth-order valence-electron chi connectivity index (χ4n) is 2.83. The molecule has 0 radical (unpaired) electrons. The molecule has 1 amide bonds. The summed E-state index contributed by atoms with van der Waals surface area (Å²) < 4.78 is 5.73. The van der Waals surface area contributed by atoms with Gasteiger partial charge in [0.1, 0.15) is 12.4 Å². The van der Waals surface area contributed by atoms with E-state index in [1.165, 1.54) is 0 Å². The van der Waals surface area contributed by atoms with E-state index in [2.05, 4.69) is 5.32 Å². The zero-order valence-corrected chi connectivity index (χ0v) is 12.1. The van der Waals surface area contributed by atoms with E-state index < -0.39 is 5.24 Å². The van der Waals surface area contributed by atoms with Gasteiger partial charge in [0, 0.05) is 27.9 Å². The number of amides is 1. The van der Waals surface area contributed by atoms with Crippen molar-refractivity contribution in [3.05, 3.63) is 64.7 Å². The molecule has 0 spiro atoms. The van der Waals surface area contributed by atoms with Crippen LogP contribution in [0.3, 0.4) is 0 Å². The maximum atomic E-state index is 12.3. The van der Waals surface area contributed by atoms with Crippen molar-refractivity contribution in [1.29, 1.82) is 0 Å². The summed E-state index contributed by atoms with van der Waals surface area (Å²) in [5.74, 6) is 0.368. The Morgan fingerprint density at radius 3 is 2.77 bits per heavy atom. The largest absolute Gasteiger partial charge is 0.487 e. The van der Waals surface area contributed by atoms with Crippen LogP contribution >= 0.6 is 11.6 Å². The molecule has 2 aliphatic rings. The van der Waals surface area contributed by atoms with Crippen LogP contribution in [0.5, 0.6) is 0 Å². The number of fused-ring (bicyclic) bond motifs is 2. The highest BCUT2D eigenvalue weighted by Gasteiger charge is 2.32. The zero-order chi connectivity index (χ0) is 15.3. The maximum absolute atomic E-state index is 12.3. The van der Waals surface area contributed by atoms with Gasteiger partial charge in [-0.3, -0.25) is 9.59 Å². The second kappa shape index (κ2) is 4.71. The molecule has 5 heteroatoms. The summed E-state index contributed by atoms with van der Waals surface area (Å²) >= 11 is 5.50. The molecule has 2 heterocycles. The molecule has 0 fully saturated rings. The van der Waals surface area contributed by atoms with Gasteiger partial charge in [0.05, 0.1) is 5.57 Å². The monoisotopic (exact) mass is 311 g/mol. The predicted molar refractivity (Wildman–Crippen MR) is 83.3 cm³/mol. The highest BCUT2D eigenvalue weighted by atomic mass is 35.5. The van der Waals surface area contributed by atoms with Crippen LogP contribution in [-0.2, 0) is 16.1 Å². The third-order valence-corrected chi connectivity index (χ3v) is 4.07. The van der Waals surface area contributed by atoms with Gasteiger partial charge in [0.25, 0.3) is 11.1 Å². The van der Waals surface area contributed by atoms with Gasteiger partial charge in [0.2, 0.25) is 0 Å². The number of rotatable bonds is 1. The Labute approximate surface area is 131 Å². The molecule has 0 saturated heterocycles. The Morgan fingerprint density at radius 1 is 1.14 bits per heavy atom. The lowest BCUT2D eigenvalue weighted by Crippen LogP contribution is -2.05. The molecule has 0 unspecified atom stereocenters. The number of ether oxygens (including phenoxy) is 1. The Balaban J connectivity index is 1.90. The molecule has 4 nitrogen and oxygen atoms in total. The van der Waals surface area contributed by atoms with Gasteiger partial charge in [-0.15, -0.1) is 0 Å². The van der Waals surface area contributed by atoms with Gasteiger partial charge >= 0.3 is 0 Å². The molecule has 108 valence electrons. The lowest BCUT2D eigenvalue weighted by molar-refractivity contribution is -0.110. The normalized spacial score (nSPS) is 18.5. The summed E-state index contributed by atoms with van der Waals surface area (Å²) in [6.07, 6.45) is 0. The van der Waals surface area contributed by atoms with Crippen LogP contribution in [0.15, 0.2) is 42.5 Å². The van der Waals surface area contributed by atoms with Crippen LogP contribution in [0.2, 0.25) is 0 Å². The lowest BCUT2D eigenvalue weighted by atomic mass is 9.99. The average Bonchev–Trinajstić information content (AvgIpc) is 3.06. The number of benzene rings is 2. The highest BCUT2D eigenvalue weighted by molar-refractivity contribution is 6.67. The summed E-state index contributed by atoms with van der Waals surface area (Å²) in [5, 5.41) is 2.33. The van der Waals surface area contributed by atoms with Crippen molar-refractivity contribution < 1.29 is 14.3 Å². The first-order valence-electron chi connectivity index (χ1n) is 6.76. The second-order valence-corrected chi connectivity index (χ2v) is 5.48. The smallest absolute Gasteiger partial charge is 0.260 e. The van der Waals surface area contributed by atoms with Crippen molar-refractivity contribution >= 4 is 39.8 Å². The summed E-state index contributed by atoms with van der Waals surface area (Å²) in [6.45, 7) is 0.321. The number of anilines is 1. The number of carbonyl (C=O) groups is 2. The molecule has 1 N–H and O–H groups in total. The fraction of sp³-hybridized carbons (Fsp3) is 0.0588. The Hall–Kier alpha value is -2.59. The number of carbonyl (C=O) groups excluding carboxylic acids is 2. The molecule has 0 aromatic heterocycles. The second-order valence-electron chi connectivity index (χ2n) is 5.14. The molecule has 0 bridgehead atoms. The maximum Gasteiger partial charge on any atom is 0.260 e. The van der Waals surface area contributed by atoms with Gasteiger partial charge in [-0.25, -0.2) is 0 Å². The molecule has 0 saturated carbocycles. The standard InChI is InChI=1S/C17H10ClNO3/c18-16(20)9-5-6-11-10(7-9)8-22-15(11)14-12-3-1-2-4-13(12)19-17(14)21/h1-7H,8H2,(H,19,21). The highest BCUT2D eigenvalue weighted by Crippen LogP contribution is 2.41. The quantitative estimate of drug-likeness (QED) is 0.648. The molecule has 4 rings (SSSR count). The Morgan fingerprint density at radius 2 is 1.95 bits per heavy atom. The van der Waals surface area contributed by atoms with Crippen molar-refractivity contribution in [2.75, 3.05) is 5.32 Å². The molecule has 0 atom stereocenters. The van der Waals surface area contributed by atoms with Crippen LogP contribution in [0, 0.1) is 0 Å². The van der Waals surface area contributed by atoms with E-state index in [4.69, 9.17) is 16.3 Å². The van der Waals surface area contributed by atoms with Crippen LogP contribution in [0.1, 0.15) is 27.0 Å². The van der Waals surface area contributed by atoms with Gasteiger partial charge in [-0.2, -0.15) is 0 Å². The molecule has 22 heavy (non-hydrogen) atoms. The number of halogens is 1. The average molecular weight is 312 g/mol. The fourth-order valence-corrected chi connectivity index (χ4v) is 2.95. The van der Waals surface area contributed by atoms with Gasteiger partial charge in [-0.1, -0.05) is 24.3 Å². The van der Waals surface area contributed by atoms with E-state index in [0.717, 1.165) is 22.4 Å². The van der Waals surface area contributed by atoms with Gasteiger partial charge < -0.3 is 10.1 Å². The summed E-state index contributed by atoms with van der Waals surface area (Å²) in [7, 11) is 0. The van der Waals surface area contributed by atoms with E-state index in [-0.39, 0.29) is 5.91 Å². The third-order valence-electron chi connectivity index (χ3n) is 3.85. The van der Waals surface area contributed by atoms with Crippen LogP contribution in [-0.4, -0.2) is 11.1 Å². The number of hydrogen-bond donors (Lipinski definition) is 1. The number of hydrogen-bond acceptors (Lipinski definition) is 3. The number of para-hydroxylation sites is 1. The molecule has 2 aromatic rings. The van der Waals surface area contributed by atoms with Crippen LogP contribution in [0.25, 0.3) is 11.3 Å². The van der Waals surface area contributed by atoms with E-state index in [9.17, 15) is 9.59 Å². The first-order valence-corrected chi connectivity index (χ1v) is 7.14.